The van der Waals surface area contributed by atoms with E-state index in [9.17, 15) is 0 Å². The lowest BCUT2D eigenvalue weighted by atomic mass is 9.84. The molecule has 20 heavy (non-hydrogen) atoms. The van der Waals surface area contributed by atoms with Gasteiger partial charge in [-0.05, 0) is 57.3 Å². The summed E-state index contributed by atoms with van der Waals surface area (Å²) in [6.07, 6.45) is 4.56. The molecule has 0 spiro atoms. The molecule has 0 bridgehead atoms. The number of ether oxygens (including phenoxy) is 1. The van der Waals surface area contributed by atoms with Crippen LogP contribution in [0.4, 0.5) is 0 Å². The van der Waals surface area contributed by atoms with Crippen molar-refractivity contribution in [2.75, 3.05) is 20.2 Å². The van der Waals surface area contributed by atoms with Gasteiger partial charge in [-0.2, -0.15) is 0 Å². The third-order valence-corrected chi connectivity index (χ3v) is 4.98. The van der Waals surface area contributed by atoms with Crippen molar-refractivity contribution in [3.05, 3.63) is 29.8 Å². The van der Waals surface area contributed by atoms with E-state index < -0.39 is 0 Å². The van der Waals surface area contributed by atoms with Crippen LogP contribution >= 0.6 is 0 Å². The quantitative estimate of drug-likeness (QED) is 0.868. The highest BCUT2D eigenvalue weighted by Gasteiger charge is 2.37. The first kappa shape index (κ1) is 15.3. The molecule has 1 saturated heterocycles. The van der Waals surface area contributed by atoms with Gasteiger partial charge in [0.1, 0.15) is 5.75 Å². The lowest BCUT2D eigenvalue weighted by Gasteiger charge is -2.43. The summed E-state index contributed by atoms with van der Waals surface area (Å²) in [5.74, 6) is 0.947. The van der Waals surface area contributed by atoms with Gasteiger partial charge in [-0.15, -0.1) is 0 Å². The minimum atomic E-state index is 0.0807. The van der Waals surface area contributed by atoms with E-state index in [0.717, 1.165) is 18.6 Å². The van der Waals surface area contributed by atoms with Crippen LogP contribution in [0.5, 0.6) is 5.75 Å². The second kappa shape index (κ2) is 6.59. The van der Waals surface area contributed by atoms with Crippen LogP contribution in [-0.2, 0) is 6.42 Å². The van der Waals surface area contributed by atoms with E-state index in [1.54, 1.807) is 7.11 Å². The Morgan fingerprint density at radius 3 is 2.55 bits per heavy atom. The number of benzene rings is 1. The van der Waals surface area contributed by atoms with E-state index >= 15 is 0 Å². The zero-order valence-corrected chi connectivity index (χ0v) is 13.1. The van der Waals surface area contributed by atoms with Gasteiger partial charge in [0.15, 0.2) is 0 Å². The molecule has 1 heterocycles. The Kier molecular flexibility index (Phi) is 5.06. The lowest BCUT2D eigenvalue weighted by molar-refractivity contribution is 0.0996. The maximum Gasteiger partial charge on any atom is 0.122 e. The highest BCUT2D eigenvalue weighted by Crippen LogP contribution is 2.30. The summed E-state index contributed by atoms with van der Waals surface area (Å²) in [5.41, 5.74) is 7.89. The molecular weight excluding hydrogens is 248 g/mol. The van der Waals surface area contributed by atoms with E-state index in [-0.39, 0.29) is 11.6 Å². The maximum atomic E-state index is 6.60. The highest BCUT2D eigenvalue weighted by atomic mass is 16.5. The molecule has 1 aromatic rings. The molecule has 1 aromatic carbocycles. The fourth-order valence-corrected chi connectivity index (χ4v) is 3.28. The summed E-state index contributed by atoms with van der Waals surface area (Å²) in [5, 5.41) is 0. The minimum absolute atomic E-state index is 0.0807. The van der Waals surface area contributed by atoms with Gasteiger partial charge < -0.3 is 10.5 Å². The van der Waals surface area contributed by atoms with E-state index in [1.807, 2.05) is 12.1 Å². The molecule has 0 aliphatic carbocycles. The molecule has 0 saturated carbocycles. The predicted octanol–water partition coefficient (Wildman–Crippen LogP) is 2.83. The maximum absolute atomic E-state index is 6.60. The summed E-state index contributed by atoms with van der Waals surface area (Å²) < 4.78 is 5.45. The SMILES string of the molecule is CCC(C)(C(N)Cc1ccccc1OC)N1CCCC1. The molecule has 0 amide bonds. The van der Waals surface area contributed by atoms with Crippen molar-refractivity contribution < 1.29 is 4.74 Å². The third-order valence-electron chi connectivity index (χ3n) is 4.98. The number of nitrogens with two attached hydrogens (primary N) is 1. The van der Waals surface area contributed by atoms with Crippen LogP contribution < -0.4 is 10.5 Å². The van der Waals surface area contributed by atoms with E-state index in [4.69, 9.17) is 10.5 Å². The zero-order valence-electron chi connectivity index (χ0n) is 13.1. The number of hydrogen-bond donors (Lipinski definition) is 1. The van der Waals surface area contributed by atoms with E-state index in [0.29, 0.717) is 0 Å². The van der Waals surface area contributed by atoms with Crippen molar-refractivity contribution in [3.63, 3.8) is 0 Å². The minimum Gasteiger partial charge on any atom is -0.496 e. The van der Waals surface area contributed by atoms with Crippen molar-refractivity contribution in [1.82, 2.24) is 4.90 Å². The topological polar surface area (TPSA) is 38.5 Å². The van der Waals surface area contributed by atoms with Gasteiger partial charge in [0.2, 0.25) is 0 Å². The molecule has 0 aromatic heterocycles. The van der Waals surface area contributed by atoms with Gasteiger partial charge in [0, 0.05) is 11.6 Å². The van der Waals surface area contributed by atoms with Gasteiger partial charge >= 0.3 is 0 Å². The Morgan fingerprint density at radius 1 is 1.30 bits per heavy atom. The predicted molar refractivity (Wildman–Crippen MR) is 84.2 cm³/mol. The van der Waals surface area contributed by atoms with Gasteiger partial charge in [0.05, 0.1) is 7.11 Å². The molecular formula is C17H28N2O. The molecule has 2 N–H and O–H groups in total. The van der Waals surface area contributed by atoms with Gasteiger partial charge in [0.25, 0.3) is 0 Å². The molecule has 1 aliphatic rings. The normalized spacial score (nSPS) is 20.6. The summed E-state index contributed by atoms with van der Waals surface area (Å²) >= 11 is 0. The molecule has 2 unspecified atom stereocenters. The van der Waals surface area contributed by atoms with Crippen LogP contribution in [0, 0.1) is 0 Å². The molecule has 112 valence electrons. The monoisotopic (exact) mass is 276 g/mol. The molecule has 1 fully saturated rings. The standard InChI is InChI=1S/C17H28N2O/c1-4-17(2,19-11-7-8-12-19)16(18)13-14-9-5-6-10-15(14)20-3/h5-6,9-10,16H,4,7-8,11-13,18H2,1-3H3. The van der Waals surface area contributed by atoms with Crippen molar-refractivity contribution >= 4 is 0 Å². The first-order valence-corrected chi connectivity index (χ1v) is 7.74. The first-order chi connectivity index (χ1) is 9.61. The lowest BCUT2D eigenvalue weighted by Crippen LogP contribution is -2.57. The largest absolute Gasteiger partial charge is 0.496 e. The molecule has 3 nitrogen and oxygen atoms in total. The van der Waals surface area contributed by atoms with Crippen molar-refractivity contribution in [2.24, 2.45) is 5.73 Å². The van der Waals surface area contributed by atoms with Crippen LogP contribution in [-0.4, -0.2) is 36.7 Å². The Bertz CT molecular complexity index is 429. The van der Waals surface area contributed by atoms with Crippen LogP contribution in [0.2, 0.25) is 0 Å². The fraction of sp³-hybridized carbons (Fsp3) is 0.647. The second-order valence-corrected chi connectivity index (χ2v) is 6.03. The first-order valence-electron chi connectivity index (χ1n) is 7.74. The van der Waals surface area contributed by atoms with Gasteiger partial charge in [-0.25, -0.2) is 0 Å². The molecule has 3 heteroatoms. The van der Waals surface area contributed by atoms with Gasteiger partial charge in [-0.3, -0.25) is 4.90 Å². The fourth-order valence-electron chi connectivity index (χ4n) is 3.28. The van der Waals surface area contributed by atoms with Crippen LogP contribution in [0.1, 0.15) is 38.7 Å². The molecule has 1 aliphatic heterocycles. The molecule has 2 atom stereocenters. The Labute approximate surface area is 123 Å². The number of para-hydroxylation sites is 1. The third kappa shape index (κ3) is 2.99. The number of nitrogens with zero attached hydrogens (tertiary/aromatic N) is 1. The smallest absolute Gasteiger partial charge is 0.122 e. The number of likely N-dealkylation sites (tertiary alicyclic amines) is 1. The average molecular weight is 276 g/mol. The number of hydrogen-bond acceptors (Lipinski definition) is 3. The Hall–Kier alpha value is -1.06. The van der Waals surface area contributed by atoms with Crippen molar-refractivity contribution in [3.8, 4) is 5.75 Å². The second-order valence-electron chi connectivity index (χ2n) is 6.03. The Morgan fingerprint density at radius 2 is 1.95 bits per heavy atom. The average Bonchev–Trinajstić information content (AvgIpc) is 3.01. The number of methoxy groups -OCH3 is 1. The summed E-state index contributed by atoms with van der Waals surface area (Å²) in [4.78, 5) is 2.58. The van der Waals surface area contributed by atoms with Crippen LogP contribution in [0.3, 0.4) is 0 Å². The van der Waals surface area contributed by atoms with Crippen LogP contribution in [0.25, 0.3) is 0 Å². The summed E-state index contributed by atoms with van der Waals surface area (Å²) in [6, 6.07) is 8.33. The van der Waals surface area contributed by atoms with E-state index in [2.05, 4.69) is 30.9 Å². The summed E-state index contributed by atoms with van der Waals surface area (Å²) in [6.45, 7) is 6.94. The Balaban J connectivity index is 2.14. The zero-order chi connectivity index (χ0) is 14.6. The molecule has 0 radical (unpaired) electrons. The van der Waals surface area contributed by atoms with E-state index in [1.165, 1.54) is 31.5 Å². The summed E-state index contributed by atoms with van der Waals surface area (Å²) in [7, 11) is 1.73. The molecule has 2 rings (SSSR count). The van der Waals surface area contributed by atoms with Gasteiger partial charge in [-0.1, -0.05) is 25.1 Å². The van der Waals surface area contributed by atoms with Crippen LogP contribution in [0.15, 0.2) is 24.3 Å². The van der Waals surface area contributed by atoms with Crippen molar-refractivity contribution in [2.45, 2.75) is 51.1 Å². The van der Waals surface area contributed by atoms with Crippen molar-refractivity contribution in [1.29, 1.82) is 0 Å². The highest BCUT2D eigenvalue weighted by molar-refractivity contribution is 5.34. The number of rotatable bonds is 6.